The van der Waals surface area contributed by atoms with Gasteiger partial charge in [0, 0.05) is 38.0 Å². The molecule has 2 aliphatic rings. The Kier molecular flexibility index (Phi) is 5.33. The highest BCUT2D eigenvalue weighted by molar-refractivity contribution is 5.85. The number of likely N-dealkylation sites (tertiary alicyclic amines) is 1. The van der Waals surface area contributed by atoms with Crippen LogP contribution >= 0.6 is 0 Å². The van der Waals surface area contributed by atoms with Crippen LogP contribution in [0.3, 0.4) is 0 Å². The maximum absolute atomic E-state index is 12.5. The Morgan fingerprint density at radius 3 is 2.57 bits per heavy atom. The molecule has 1 amide bonds. The summed E-state index contributed by atoms with van der Waals surface area (Å²) in [6.07, 6.45) is 3.44. The summed E-state index contributed by atoms with van der Waals surface area (Å²) in [5, 5.41) is 0. The molecule has 0 unspecified atom stereocenters. The van der Waals surface area contributed by atoms with Gasteiger partial charge >= 0.3 is 6.09 Å². The standard InChI is InChI=1S/C25H30N2O3/c1-24(2,3)30-23(28)27-13-11-25(12-14-27)16-21(19-8-6-7-18(15-19)17-26)20-9-4-5-10-22(20)29-25/h4-10,15-16H,11-14,17,26H2,1-3H3. The van der Waals surface area contributed by atoms with Gasteiger partial charge in [0.2, 0.25) is 0 Å². The quantitative estimate of drug-likeness (QED) is 0.782. The van der Waals surface area contributed by atoms with Crippen LogP contribution in [0.25, 0.3) is 5.57 Å². The lowest BCUT2D eigenvalue weighted by Gasteiger charge is -2.43. The van der Waals surface area contributed by atoms with Crippen molar-refractivity contribution < 1.29 is 14.3 Å². The second-order valence-electron chi connectivity index (χ2n) is 9.09. The van der Waals surface area contributed by atoms with Crippen molar-refractivity contribution in [3.8, 4) is 5.75 Å². The molecule has 0 atom stereocenters. The fourth-order valence-electron chi connectivity index (χ4n) is 4.11. The highest BCUT2D eigenvalue weighted by atomic mass is 16.6. The van der Waals surface area contributed by atoms with Crippen LogP contribution in [0, 0.1) is 0 Å². The fraction of sp³-hybridized carbons (Fsp3) is 0.400. The number of ether oxygens (including phenoxy) is 2. The Hall–Kier alpha value is -2.79. The average Bonchev–Trinajstić information content (AvgIpc) is 2.72. The minimum absolute atomic E-state index is 0.256. The van der Waals surface area contributed by atoms with Crippen LogP contribution in [0.5, 0.6) is 5.75 Å². The molecule has 2 aromatic rings. The molecule has 30 heavy (non-hydrogen) atoms. The molecule has 0 aromatic heterocycles. The van der Waals surface area contributed by atoms with Crippen molar-refractivity contribution >= 4 is 11.7 Å². The van der Waals surface area contributed by atoms with E-state index in [-0.39, 0.29) is 6.09 Å². The van der Waals surface area contributed by atoms with Crippen molar-refractivity contribution in [2.75, 3.05) is 13.1 Å². The average molecular weight is 407 g/mol. The summed E-state index contributed by atoms with van der Waals surface area (Å²) in [5.41, 5.74) is 9.45. The Bertz CT molecular complexity index is 966. The van der Waals surface area contributed by atoms with E-state index in [9.17, 15) is 4.79 Å². The van der Waals surface area contributed by atoms with Gasteiger partial charge in [0.1, 0.15) is 17.0 Å². The predicted octanol–water partition coefficient (Wildman–Crippen LogP) is 4.74. The number of nitrogens with zero attached hydrogens (tertiary/aromatic N) is 1. The molecule has 2 heterocycles. The lowest BCUT2D eigenvalue weighted by atomic mass is 9.82. The SMILES string of the molecule is CC(C)(C)OC(=O)N1CCC2(C=C(c3cccc(CN)c3)c3ccccc3O2)CC1. The molecular weight excluding hydrogens is 376 g/mol. The summed E-state index contributed by atoms with van der Waals surface area (Å²) in [6, 6.07) is 16.5. The predicted molar refractivity (Wildman–Crippen MR) is 118 cm³/mol. The largest absolute Gasteiger partial charge is 0.482 e. The summed E-state index contributed by atoms with van der Waals surface area (Å²) < 4.78 is 12.1. The molecule has 2 aliphatic heterocycles. The van der Waals surface area contributed by atoms with Crippen LogP contribution in [-0.4, -0.2) is 35.3 Å². The van der Waals surface area contributed by atoms with Crippen molar-refractivity contribution in [3.63, 3.8) is 0 Å². The van der Waals surface area contributed by atoms with Gasteiger partial charge in [-0.05, 0) is 55.7 Å². The summed E-state index contributed by atoms with van der Waals surface area (Å²) >= 11 is 0. The molecule has 0 radical (unpaired) electrons. The number of rotatable bonds is 2. The minimum Gasteiger partial charge on any atom is -0.482 e. The molecule has 1 spiro atoms. The normalized spacial score (nSPS) is 17.7. The van der Waals surface area contributed by atoms with Crippen molar-refractivity contribution in [2.24, 2.45) is 5.73 Å². The maximum atomic E-state index is 12.5. The summed E-state index contributed by atoms with van der Waals surface area (Å²) in [6.45, 7) is 7.38. The van der Waals surface area contributed by atoms with E-state index in [1.165, 1.54) is 0 Å². The maximum Gasteiger partial charge on any atom is 0.410 e. The Labute approximate surface area is 178 Å². The number of hydrogen-bond donors (Lipinski definition) is 1. The van der Waals surface area contributed by atoms with Crippen LogP contribution in [0.4, 0.5) is 4.79 Å². The van der Waals surface area contributed by atoms with Crippen molar-refractivity contribution in [3.05, 3.63) is 71.3 Å². The van der Waals surface area contributed by atoms with E-state index in [1.807, 2.05) is 51.1 Å². The second kappa shape index (κ2) is 7.80. The molecule has 5 nitrogen and oxygen atoms in total. The number of amides is 1. The summed E-state index contributed by atoms with van der Waals surface area (Å²) in [7, 11) is 0. The molecule has 1 fully saturated rings. The highest BCUT2D eigenvalue weighted by Gasteiger charge is 2.40. The first-order valence-corrected chi connectivity index (χ1v) is 10.6. The lowest BCUT2D eigenvalue weighted by Crippen LogP contribution is -2.50. The van der Waals surface area contributed by atoms with Gasteiger partial charge in [0.15, 0.2) is 0 Å². The molecular formula is C25H30N2O3. The number of fused-ring (bicyclic) bond motifs is 1. The number of carbonyl (C=O) groups is 1. The first-order chi connectivity index (χ1) is 14.3. The third kappa shape index (κ3) is 4.21. The van der Waals surface area contributed by atoms with Crippen LogP contribution < -0.4 is 10.5 Å². The number of piperidine rings is 1. The Balaban J connectivity index is 1.63. The Morgan fingerprint density at radius 1 is 1.13 bits per heavy atom. The number of nitrogens with two attached hydrogens (primary N) is 1. The third-order valence-electron chi connectivity index (χ3n) is 5.63. The zero-order valence-corrected chi connectivity index (χ0v) is 18.0. The van der Waals surface area contributed by atoms with Gasteiger partial charge in [-0.15, -0.1) is 0 Å². The molecule has 4 rings (SSSR count). The van der Waals surface area contributed by atoms with Crippen LogP contribution in [0.15, 0.2) is 54.6 Å². The van der Waals surface area contributed by atoms with Gasteiger partial charge < -0.3 is 20.1 Å². The van der Waals surface area contributed by atoms with Gasteiger partial charge in [-0.3, -0.25) is 0 Å². The van der Waals surface area contributed by atoms with E-state index in [1.54, 1.807) is 4.90 Å². The van der Waals surface area contributed by atoms with Gasteiger partial charge in [0.05, 0.1) is 0 Å². The topological polar surface area (TPSA) is 64.8 Å². The zero-order valence-electron chi connectivity index (χ0n) is 18.0. The fourth-order valence-corrected chi connectivity index (χ4v) is 4.11. The van der Waals surface area contributed by atoms with E-state index in [0.29, 0.717) is 19.6 Å². The van der Waals surface area contributed by atoms with Crippen molar-refractivity contribution in [1.29, 1.82) is 0 Å². The first kappa shape index (κ1) is 20.5. The van der Waals surface area contributed by atoms with Crippen LogP contribution in [0.2, 0.25) is 0 Å². The molecule has 158 valence electrons. The zero-order chi connectivity index (χ0) is 21.4. The molecule has 0 saturated carbocycles. The molecule has 5 heteroatoms. The Morgan fingerprint density at radius 2 is 1.87 bits per heavy atom. The molecule has 2 N–H and O–H groups in total. The smallest absolute Gasteiger partial charge is 0.410 e. The van der Waals surface area contributed by atoms with Crippen LogP contribution in [0.1, 0.15) is 50.3 Å². The van der Waals surface area contributed by atoms with Crippen molar-refractivity contribution in [1.82, 2.24) is 4.90 Å². The molecule has 0 aliphatic carbocycles. The monoisotopic (exact) mass is 406 g/mol. The van der Waals surface area contributed by atoms with Crippen molar-refractivity contribution in [2.45, 2.75) is 51.4 Å². The molecule has 0 bridgehead atoms. The van der Waals surface area contributed by atoms with E-state index < -0.39 is 11.2 Å². The first-order valence-electron chi connectivity index (χ1n) is 10.6. The second-order valence-corrected chi connectivity index (χ2v) is 9.09. The number of benzene rings is 2. The number of para-hydroxylation sites is 1. The van der Waals surface area contributed by atoms with E-state index in [0.717, 1.165) is 40.9 Å². The van der Waals surface area contributed by atoms with Crippen LogP contribution in [-0.2, 0) is 11.3 Å². The van der Waals surface area contributed by atoms with Gasteiger partial charge in [-0.25, -0.2) is 4.79 Å². The molecule has 1 saturated heterocycles. The summed E-state index contributed by atoms with van der Waals surface area (Å²) in [5.74, 6) is 0.888. The number of carbonyl (C=O) groups excluding carboxylic acids is 1. The highest BCUT2D eigenvalue weighted by Crippen LogP contribution is 2.43. The van der Waals surface area contributed by atoms with E-state index in [2.05, 4.69) is 24.3 Å². The lowest BCUT2D eigenvalue weighted by molar-refractivity contribution is -0.00115. The summed E-state index contributed by atoms with van der Waals surface area (Å²) in [4.78, 5) is 14.3. The van der Waals surface area contributed by atoms with E-state index in [4.69, 9.17) is 15.2 Å². The number of hydrogen-bond acceptors (Lipinski definition) is 4. The van der Waals surface area contributed by atoms with E-state index >= 15 is 0 Å². The minimum atomic E-state index is -0.492. The molecule has 2 aromatic carbocycles. The van der Waals surface area contributed by atoms with Gasteiger partial charge in [-0.2, -0.15) is 0 Å². The van der Waals surface area contributed by atoms with Gasteiger partial charge in [-0.1, -0.05) is 36.4 Å². The third-order valence-corrected chi connectivity index (χ3v) is 5.63. The van der Waals surface area contributed by atoms with Gasteiger partial charge in [0.25, 0.3) is 0 Å².